The van der Waals surface area contributed by atoms with Gasteiger partial charge in [-0.15, -0.1) is 24.8 Å². The highest BCUT2D eigenvalue weighted by atomic mass is 35.5. The summed E-state index contributed by atoms with van der Waals surface area (Å²) in [5, 5.41) is 0. The number of carbonyl (C=O) groups is 1. The maximum atomic E-state index is 12.2. The summed E-state index contributed by atoms with van der Waals surface area (Å²) < 4.78 is 0. The summed E-state index contributed by atoms with van der Waals surface area (Å²) in [5.41, 5.74) is 5.89. The number of hydrogen-bond donors (Lipinski definition) is 1. The fourth-order valence-electron chi connectivity index (χ4n) is 3.43. The van der Waals surface area contributed by atoms with Crippen LogP contribution < -0.4 is 5.73 Å². The van der Waals surface area contributed by atoms with Crippen LogP contribution in [0.2, 0.25) is 0 Å². The van der Waals surface area contributed by atoms with E-state index in [1.807, 2.05) is 11.8 Å². The molecule has 0 spiro atoms. The van der Waals surface area contributed by atoms with E-state index in [1.54, 1.807) is 0 Å². The van der Waals surface area contributed by atoms with Crippen LogP contribution >= 0.6 is 24.8 Å². The highest BCUT2D eigenvalue weighted by Crippen LogP contribution is 2.22. The van der Waals surface area contributed by atoms with E-state index in [2.05, 4.69) is 11.8 Å². The second-order valence-electron chi connectivity index (χ2n) is 6.79. The summed E-state index contributed by atoms with van der Waals surface area (Å²) in [7, 11) is 0. The molecule has 22 heavy (non-hydrogen) atoms. The van der Waals surface area contributed by atoms with E-state index in [0.717, 1.165) is 38.4 Å². The zero-order chi connectivity index (χ0) is 14.5. The molecule has 132 valence electrons. The Bertz CT molecular complexity index is 323. The monoisotopic (exact) mass is 353 g/mol. The fraction of sp³-hybridized carbons (Fsp3) is 0.938. The van der Waals surface area contributed by atoms with E-state index in [4.69, 9.17) is 5.73 Å². The van der Waals surface area contributed by atoms with Gasteiger partial charge in [0.15, 0.2) is 0 Å². The van der Waals surface area contributed by atoms with Crippen molar-refractivity contribution < 1.29 is 4.79 Å². The molecule has 0 aromatic heterocycles. The molecule has 2 heterocycles. The van der Waals surface area contributed by atoms with Gasteiger partial charge in [0.2, 0.25) is 5.91 Å². The molecule has 0 aliphatic carbocycles. The highest BCUT2D eigenvalue weighted by molar-refractivity contribution is 5.85. The number of nitrogens with two attached hydrogens (primary N) is 1. The minimum atomic E-state index is -0.301. The zero-order valence-corrected chi connectivity index (χ0v) is 15.6. The number of halogens is 2. The topological polar surface area (TPSA) is 49.6 Å². The first kappa shape index (κ1) is 22.0. The Morgan fingerprint density at radius 3 is 2.41 bits per heavy atom. The molecule has 0 saturated carbocycles. The minimum Gasteiger partial charge on any atom is -0.341 e. The molecule has 0 radical (unpaired) electrons. The molecule has 0 aromatic carbocycles. The third-order valence-electron chi connectivity index (χ3n) is 4.98. The number of piperidine rings is 2. The lowest BCUT2D eigenvalue weighted by atomic mass is 9.94. The minimum absolute atomic E-state index is 0. The Hall–Kier alpha value is -0.0300. The molecule has 2 aliphatic rings. The van der Waals surface area contributed by atoms with Crippen molar-refractivity contribution in [1.29, 1.82) is 0 Å². The molecular weight excluding hydrogens is 321 g/mol. The van der Waals surface area contributed by atoms with E-state index in [-0.39, 0.29) is 36.8 Å². The third kappa shape index (κ3) is 6.23. The number of amides is 1. The van der Waals surface area contributed by atoms with E-state index in [9.17, 15) is 4.79 Å². The standard InChI is InChI=1S/C16H31N3O.2ClH/c1-3-15(17)16(20)19-8-4-5-14(12-19)11-18-9-6-13(2)7-10-18;;/h13-15H,3-12,17H2,1-2H3;2*1H/t14?,15-;;/m0../s1. The van der Waals surface area contributed by atoms with Gasteiger partial charge in [-0.05, 0) is 57.0 Å². The van der Waals surface area contributed by atoms with Crippen molar-refractivity contribution >= 4 is 30.7 Å². The molecule has 6 heteroatoms. The Kier molecular flexibility index (Phi) is 10.7. The largest absolute Gasteiger partial charge is 0.341 e. The van der Waals surface area contributed by atoms with Gasteiger partial charge in [-0.25, -0.2) is 0 Å². The van der Waals surface area contributed by atoms with E-state index in [0.29, 0.717) is 5.92 Å². The lowest BCUT2D eigenvalue weighted by Gasteiger charge is -2.38. The van der Waals surface area contributed by atoms with Gasteiger partial charge in [-0.2, -0.15) is 0 Å². The Morgan fingerprint density at radius 2 is 1.82 bits per heavy atom. The molecule has 4 nitrogen and oxygen atoms in total. The van der Waals surface area contributed by atoms with E-state index < -0.39 is 0 Å². The van der Waals surface area contributed by atoms with Crippen molar-refractivity contribution in [3.63, 3.8) is 0 Å². The van der Waals surface area contributed by atoms with Gasteiger partial charge < -0.3 is 15.5 Å². The molecule has 0 bridgehead atoms. The molecule has 2 rings (SSSR count). The molecule has 2 aliphatic heterocycles. The molecule has 2 N–H and O–H groups in total. The number of nitrogens with zero attached hydrogens (tertiary/aromatic N) is 2. The van der Waals surface area contributed by atoms with Gasteiger partial charge in [-0.1, -0.05) is 13.8 Å². The molecule has 2 fully saturated rings. The fourth-order valence-corrected chi connectivity index (χ4v) is 3.43. The van der Waals surface area contributed by atoms with Crippen LogP contribution in [0.3, 0.4) is 0 Å². The molecular formula is C16H33Cl2N3O. The predicted octanol–water partition coefficient (Wildman–Crippen LogP) is 2.54. The number of rotatable bonds is 4. The first-order valence-electron chi connectivity index (χ1n) is 8.36. The van der Waals surface area contributed by atoms with Crippen molar-refractivity contribution in [3.05, 3.63) is 0 Å². The van der Waals surface area contributed by atoms with Gasteiger partial charge in [-0.3, -0.25) is 4.79 Å². The first-order chi connectivity index (χ1) is 9.60. The lowest BCUT2D eigenvalue weighted by molar-refractivity contribution is -0.134. The second kappa shape index (κ2) is 10.7. The maximum absolute atomic E-state index is 12.2. The zero-order valence-electron chi connectivity index (χ0n) is 14.0. The van der Waals surface area contributed by atoms with Gasteiger partial charge in [0, 0.05) is 19.6 Å². The van der Waals surface area contributed by atoms with Crippen LogP contribution in [0.4, 0.5) is 0 Å². The van der Waals surface area contributed by atoms with Gasteiger partial charge in [0.25, 0.3) is 0 Å². The molecule has 0 aromatic rings. The summed E-state index contributed by atoms with van der Waals surface area (Å²) in [5.74, 6) is 1.69. The average Bonchev–Trinajstić information content (AvgIpc) is 2.48. The number of likely N-dealkylation sites (tertiary alicyclic amines) is 2. The molecule has 1 amide bonds. The van der Waals surface area contributed by atoms with E-state index in [1.165, 1.54) is 32.4 Å². The second-order valence-corrected chi connectivity index (χ2v) is 6.79. The average molecular weight is 354 g/mol. The first-order valence-corrected chi connectivity index (χ1v) is 8.36. The number of carbonyl (C=O) groups excluding carboxylic acids is 1. The van der Waals surface area contributed by atoms with Crippen LogP contribution in [0, 0.1) is 11.8 Å². The SMILES string of the molecule is CC[C@H](N)C(=O)N1CCCC(CN2CCC(C)CC2)C1.Cl.Cl. The highest BCUT2D eigenvalue weighted by Gasteiger charge is 2.28. The lowest BCUT2D eigenvalue weighted by Crippen LogP contribution is -2.50. The Balaban J connectivity index is 0.00000220. The summed E-state index contributed by atoms with van der Waals surface area (Å²) >= 11 is 0. The van der Waals surface area contributed by atoms with Gasteiger partial charge in [0.05, 0.1) is 6.04 Å². The summed E-state index contributed by atoms with van der Waals surface area (Å²) in [6.07, 6.45) is 5.80. The quantitative estimate of drug-likeness (QED) is 0.844. The van der Waals surface area contributed by atoms with Crippen LogP contribution in [-0.4, -0.2) is 54.5 Å². The van der Waals surface area contributed by atoms with Crippen molar-refractivity contribution in [1.82, 2.24) is 9.80 Å². The summed E-state index contributed by atoms with van der Waals surface area (Å²) in [6, 6.07) is -0.301. The van der Waals surface area contributed by atoms with Crippen LogP contribution in [0.1, 0.15) is 46.0 Å². The Labute approximate surface area is 148 Å². The van der Waals surface area contributed by atoms with Crippen LogP contribution in [0.15, 0.2) is 0 Å². The van der Waals surface area contributed by atoms with Crippen LogP contribution in [0.5, 0.6) is 0 Å². The van der Waals surface area contributed by atoms with E-state index >= 15 is 0 Å². The summed E-state index contributed by atoms with van der Waals surface area (Å²) in [4.78, 5) is 16.8. The predicted molar refractivity (Wildman–Crippen MR) is 96.9 cm³/mol. The van der Waals surface area contributed by atoms with Crippen molar-refractivity contribution in [2.24, 2.45) is 17.6 Å². The number of hydrogen-bond acceptors (Lipinski definition) is 3. The molecule has 2 atom stereocenters. The normalized spacial score (nSPS) is 25.0. The Morgan fingerprint density at radius 1 is 1.18 bits per heavy atom. The summed E-state index contributed by atoms with van der Waals surface area (Å²) in [6.45, 7) is 9.79. The van der Waals surface area contributed by atoms with Crippen LogP contribution in [-0.2, 0) is 4.79 Å². The third-order valence-corrected chi connectivity index (χ3v) is 4.98. The maximum Gasteiger partial charge on any atom is 0.239 e. The smallest absolute Gasteiger partial charge is 0.239 e. The van der Waals surface area contributed by atoms with Gasteiger partial charge >= 0.3 is 0 Å². The van der Waals surface area contributed by atoms with Crippen molar-refractivity contribution in [3.8, 4) is 0 Å². The van der Waals surface area contributed by atoms with Crippen molar-refractivity contribution in [2.75, 3.05) is 32.7 Å². The van der Waals surface area contributed by atoms with Crippen LogP contribution in [0.25, 0.3) is 0 Å². The molecule has 1 unspecified atom stereocenters. The van der Waals surface area contributed by atoms with Gasteiger partial charge in [0.1, 0.15) is 0 Å². The molecule has 2 saturated heterocycles. The van der Waals surface area contributed by atoms with Crippen molar-refractivity contribution in [2.45, 2.75) is 52.0 Å².